The van der Waals surface area contributed by atoms with Crippen LogP contribution in [0.1, 0.15) is 18.4 Å². The number of likely N-dealkylation sites (tertiary alicyclic amines) is 1. The van der Waals surface area contributed by atoms with E-state index in [-0.39, 0.29) is 12.4 Å². The summed E-state index contributed by atoms with van der Waals surface area (Å²) in [6.45, 7) is 3.21. The summed E-state index contributed by atoms with van der Waals surface area (Å²) in [5.74, 6) is 0. The van der Waals surface area contributed by atoms with Crippen molar-refractivity contribution in [1.29, 1.82) is 0 Å². The zero-order valence-electron chi connectivity index (χ0n) is 12.2. The summed E-state index contributed by atoms with van der Waals surface area (Å²) in [4.78, 5) is 7.02. The lowest BCUT2D eigenvalue weighted by molar-refractivity contribution is 0.188. The number of hydrogen-bond donors (Lipinski definition) is 1. The molecule has 21 heavy (non-hydrogen) atoms. The van der Waals surface area contributed by atoms with E-state index in [0.717, 1.165) is 35.6 Å². The SMILES string of the molecule is CNC1CCCN(Cc2ccc(Cl)c3cccnc23)C1.Cl. The minimum Gasteiger partial charge on any atom is -0.316 e. The Hall–Kier alpha value is -0.870. The molecule has 1 atom stereocenters. The molecule has 3 nitrogen and oxygen atoms in total. The molecule has 0 saturated carbocycles. The van der Waals surface area contributed by atoms with Crippen molar-refractivity contribution < 1.29 is 0 Å². The van der Waals surface area contributed by atoms with E-state index in [1.54, 1.807) is 0 Å². The molecule has 2 aromatic rings. The summed E-state index contributed by atoms with van der Waals surface area (Å²) < 4.78 is 0. The van der Waals surface area contributed by atoms with Gasteiger partial charge in [-0.3, -0.25) is 9.88 Å². The molecule has 1 aromatic carbocycles. The second kappa shape index (κ2) is 7.41. The van der Waals surface area contributed by atoms with Crippen molar-refractivity contribution in [3.8, 4) is 0 Å². The first kappa shape index (κ1) is 16.5. The molecule has 1 fully saturated rings. The number of aromatic nitrogens is 1. The van der Waals surface area contributed by atoms with Gasteiger partial charge in [-0.1, -0.05) is 17.7 Å². The van der Waals surface area contributed by atoms with Crippen molar-refractivity contribution in [3.63, 3.8) is 0 Å². The van der Waals surface area contributed by atoms with Gasteiger partial charge in [-0.25, -0.2) is 0 Å². The minimum absolute atomic E-state index is 0. The van der Waals surface area contributed by atoms with Crippen LogP contribution in [-0.2, 0) is 6.54 Å². The summed E-state index contributed by atoms with van der Waals surface area (Å²) in [5.41, 5.74) is 2.30. The fourth-order valence-electron chi connectivity index (χ4n) is 3.00. The largest absolute Gasteiger partial charge is 0.316 e. The standard InChI is InChI=1S/C16H20ClN3.ClH/c1-18-13-4-3-9-20(11-13)10-12-6-7-15(17)14-5-2-8-19-16(12)14;/h2,5-8,13,18H,3-4,9-11H2,1H3;1H. The van der Waals surface area contributed by atoms with Crippen molar-refractivity contribution >= 4 is 34.9 Å². The van der Waals surface area contributed by atoms with E-state index < -0.39 is 0 Å². The Kier molecular flexibility index (Phi) is 5.82. The molecule has 0 aliphatic carbocycles. The number of likely N-dealkylation sites (N-methyl/N-ethyl adjacent to an activating group) is 1. The summed E-state index contributed by atoms with van der Waals surface area (Å²) in [6.07, 6.45) is 4.37. The highest BCUT2D eigenvalue weighted by Gasteiger charge is 2.19. The zero-order chi connectivity index (χ0) is 13.9. The van der Waals surface area contributed by atoms with Crippen LogP contribution in [0.15, 0.2) is 30.5 Å². The van der Waals surface area contributed by atoms with Gasteiger partial charge in [0.2, 0.25) is 0 Å². The molecule has 0 amide bonds. The fourth-order valence-corrected chi connectivity index (χ4v) is 3.22. The normalized spacial score (nSPS) is 19.4. The van der Waals surface area contributed by atoms with Crippen molar-refractivity contribution in [2.45, 2.75) is 25.4 Å². The number of piperidine rings is 1. The number of hydrogen-bond acceptors (Lipinski definition) is 3. The second-order valence-corrected chi connectivity index (χ2v) is 5.88. The Labute approximate surface area is 137 Å². The number of pyridine rings is 1. The third-order valence-electron chi connectivity index (χ3n) is 4.11. The lowest BCUT2D eigenvalue weighted by Gasteiger charge is -2.32. The highest BCUT2D eigenvalue weighted by Crippen LogP contribution is 2.26. The van der Waals surface area contributed by atoms with Crippen molar-refractivity contribution in [1.82, 2.24) is 15.2 Å². The summed E-state index contributed by atoms with van der Waals surface area (Å²) in [7, 11) is 2.05. The highest BCUT2D eigenvalue weighted by atomic mass is 35.5. The Morgan fingerprint density at radius 1 is 1.38 bits per heavy atom. The maximum Gasteiger partial charge on any atom is 0.0761 e. The van der Waals surface area contributed by atoms with Crippen LogP contribution < -0.4 is 5.32 Å². The molecule has 1 aliphatic heterocycles. The number of nitrogens with zero attached hydrogens (tertiary/aromatic N) is 2. The van der Waals surface area contributed by atoms with E-state index in [1.807, 2.05) is 31.4 Å². The molecule has 1 N–H and O–H groups in total. The maximum absolute atomic E-state index is 6.25. The Bertz CT molecular complexity index is 603. The first-order valence-electron chi connectivity index (χ1n) is 7.19. The molecule has 0 radical (unpaired) electrons. The Morgan fingerprint density at radius 2 is 2.24 bits per heavy atom. The summed E-state index contributed by atoms with van der Waals surface area (Å²) >= 11 is 6.25. The number of fused-ring (bicyclic) bond motifs is 1. The molecular formula is C16H21Cl2N3. The summed E-state index contributed by atoms with van der Waals surface area (Å²) in [6, 6.07) is 8.69. The number of benzene rings is 1. The van der Waals surface area contributed by atoms with Gasteiger partial charge < -0.3 is 5.32 Å². The van der Waals surface area contributed by atoms with Crippen LogP contribution in [0.3, 0.4) is 0 Å². The molecule has 114 valence electrons. The predicted octanol–water partition coefficient (Wildman–Crippen LogP) is 3.49. The second-order valence-electron chi connectivity index (χ2n) is 5.47. The molecule has 0 spiro atoms. The van der Waals surface area contributed by atoms with Crippen LogP contribution >= 0.6 is 24.0 Å². The Balaban J connectivity index is 0.00000161. The van der Waals surface area contributed by atoms with Gasteiger partial charge in [-0.2, -0.15) is 0 Å². The van der Waals surface area contributed by atoms with Gasteiger partial charge in [-0.05, 0) is 50.2 Å². The van der Waals surface area contributed by atoms with E-state index in [4.69, 9.17) is 11.6 Å². The van der Waals surface area contributed by atoms with E-state index in [0.29, 0.717) is 6.04 Å². The van der Waals surface area contributed by atoms with Gasteiger partial charge in [0.25, 0.3) is 0 Å². The molecule has 1 aliphatic rings. The van der Waals surface area contributed by atoms with Crippen LogP contribution in [0, 0.1) is 0 Å². The van der Waals surface area contributed by atoms with E-state index in [1.165, 1.54) is 18.4 Å². The van der Waals surface area contributed by atoms with E-state index >= 15 is 0 Å². The Morgan fingerprint density at radius 3 is 3.05 bits per heavy atom. The average Bonchev–Trinajstić information content (AvgIpc) is 2.51. The third-order valence-corrected chi connectivity index (χ3v) is 4.44. The number of rotatable bonds is 3. The minimum atomic E-state index is 0. The smallest absolute Gasteiger partial charge is 0.0761 e. The topological polar surface area (TPSA) is 28.2 Å². The lowest BCUT2D eigenvalue weighted by Crippen LogP contribution is -2.43. The lowest BCUT2D eigenvalue weighted by atomic mass is 10.0. The fraction of sp³-hybridized carbons (Fsp3) is 0.438. The first-order valence-corrected chi connectivity index (χ1v) is 7.57. The molecule has 0 bridgehead atoms. The molecular weight excluding hydrogens is 305 g/mol. The molecule has 3 rings (SSSR count). The van der Waals surface area contributed by atoms with Gasteiger partial charge in [0, 0.05) is 35.7 Å². The van der Waals surface area contributed by atoms with Crippen LogP contribution in [-0.4, -0.2) is 36.1 Å². The van der Waals surface area contributed by atoms with Gasteiger partial charge in [0.1, 0.15) is 0 Å². The van der Waals surface area contributed by atoms with Crippen molar-refractivity contribution in [3.05, 3.63) is 41.0 Å². The van der Waals surface area contributed by atoms with Gasteiger partial charge in [-0.15, -0.1) is 12.4 Å². The molecule has 2 heterocycles. The van der Waals surface area contributed by atoms with Crippen molar-refractivity contribution in [2.75, 3.05) is 20.1 Å². The quantitative estimate of drug-likeness (QED) is 0.936. The maximum atomic E-state index is 6.25. The molecule has 1 unspecified atom stereocenters. The van der Waals surface area contributed by atoms with Crippen LogP contribution in [0.25, 0.3) is 10.9 Å². The van der Waals surface area contributed by atoms with Gasteiger partial charge in [0.05, 0.1) is 5.52 Å². The molecule has 1 aromatic heterocycles. The molecule has 5 heteroatoms. The van der Waals surface area contributed by atoms with Crippen LogP contribution in [0.4, 0.5) is 0 Å². The highest BCUT2D eigenvalue weighted by molar-refractivity contribution is 6.35. The third kappa shape index (κ3) is 3.67. The number of nitrogens with one attached hydrogen (secondary N) is 1. The van der Waals surface area contributed by atoms with E-state index in [2.05, 4.69) is 21.3 Å². The first-order chi connectivity index (χ1) is 9.78. The zero-order valence-corrected chi connectivity index (χ0v) is 13.8. The average molecular weight is 326 g/mol. The van der Waals surface area contributed by atoms with E-state index in [9.17, 15) is 0 Å². The van der Waals surface area contributed by atoms with Crippen LogP contribution in [0.5, 0.6) is 0 Å². The monoisotopic (exact) mass is 325 g/mol. The van der Waals surface area contributed by atoms with Crippen molar-refractivity contribution in [2.24, 2.45) is 0 Å². The number of halogens is 2. The van der Waals surface area contributed by atoms with Gasteiger partial charge >= 0.3 is 0 Å². The van der Waals surface area contributed by atoms with Gasteiger partial charge in [0.15, 0.2) is 0 Å². The molecule has 1 saturated heterocycles. The summed E-state index contributed by atoms with van der Waals surface area (Å²) in [5, 5.41) is 5.22. The van der Waals surface area contributed by atoms with Crippen LogP contribution in [0.2, 0.25) is 5.02 Å². The predicted molar refractivity (Wildman–Crippen MR) is 91.4 cm³/mol.